The third-order valence-electron chi connectivity index (χ3n) is 3.72. The Labute approximate surface area is 121 Å². The van der Waals surface area contributed by atoms with Crippen molar-refractivity contribution in [1.29, 1.82) is 0 Å². The summed E-state index contributed by atoms with van der Waals surface area (Å²) < 4.78 is 0. The molecule has 21 heavy (non-hydrogen) atoms. The molecule has 0 unspecified atom stereocenters. The molecule has 0 spiro atoms. The Hall–Kier alpha value is -2.38. The van der Waals surface area contributed by atoms with Crippen LogP contribution in [0.15, 0.2) is 6.33 Å². The molecule has 0 aromatic carbocycles. The first kappa shape index (κ1) is 15.0. The van der Waals surface area contributed by atoms with Gasteiger partial charge in [-0.3, -0.25) is 14.4 Å². The second-order valence-corrected chi connectivity index (χ2v) is 5.07. The predicted octanol–water partition coefficient (Wildman–Crippen LogP) is 0.142. The topological polar surface area (TPSA) is 124 Å². The van der Waals surface area contributed by atoms with Crippen molar-refractivity contribution < 1.29 is 19.5 Å². The lowest BCUT2D eigenvalue weighted by atomic mass is 9.86. The molecule has 1 aromatic heterocycles. The number of imidazole rings is 1. The summed E-state index contributed by atoms with van der Waals surface area (Å²) in [5.74, 6) is -1.94. The molecule has 0 atom stereocenters. The fourth-order valence-corrected chi connectivity index (χ4v) is 2.50. The molecule has 0 radical (unpaired) electrons. The van der Waals surface area contributed by atoms with Crippen LogP contribution in [0.25, 0.3) is 0 Å². The van der Waals surface area contributed by atoms with Crippen LogP contribution in [0.2, 0.25) is 0 Å². The molecule has 2 rings (SSSR count). The monoisotopic (exact) mass is 294 g/mol. The molecule has 0 saturated heterocycles. The number of aliphatic carboxylic acids is 1. The predicted molar refractivity (Wildman–Crippen MR) is 72.8 cm³/mol. The molecule has 1 aromatic rings. The minimum absolute atomic E-state index is 0.0507. The van der Waals surface area contributed by atoms with Gasteiger partial charge in [-0.15, -0.1) is 0 Å². The zero-order chi connectivity index (χ0) is 15.4. The summed E-state index contributed by atoms with van der Waals surface area (Å²) in [4.78, 5) is 41.1. The van der Waals surface area contributed by atoms with Crippen molar-refractivity contribution in [3.8, 4) is 0 Å². The van der Waals surface area contributed by atoms with E-state index in [4.69, 9.17) is 5.11 Å². The molecule has 1 aliphatic rings. The first-order chi connectivity index (χ1) is 10.0. The molecular weight excluding hydrogens is 276 g/mol. The Morgan fingerprint density at radius 3 is 2.48 bits per heavy atom. The summed E-state index contributed by atoms with van der Waals surface area (Å²) in [5.41, 5.74) is 0.170. The molecule has 114 valence electrons. The van der Waals surface area contributed by atoms with Gasteiger partial charge < -0.3 is 20.7 Å². The van der Waals surface area contributed by atoms with E-state index in [0.717, 1.165) is 0 Å². The number of aromatic nitrogens is 2. The van der Waals surface area contributed by atoms with Gasteiger partial charge in [-0.25, -0.2) is 4.98 Å². The second-order valence-electron chi connectivity index (χ2n) is 5.07. The molecule has 2 amide bonds. The molecule has 8 nitrogen and oxygen atoms in total. The number of amides is 2. The smallest absolute Gasteiger partial charge is 0.306 e. The molecule has 0 bridgehead atoms. The Balaban J connectivity index is 1.95. The third-order valence-corrected chi connectivity index (χ3v) is 3.72. The highest BCUT2D eigenvalue weighted by molar-refractivity contribution is 6.04. The molecule has 8 heteroatoms. The fourth-order valence-electron chi connectivity index (χ4n) is 2.50. The average molecular weight is 294 g/mol. The first-order valence-electron chi connectivity index (χ1n) is 6.82. The maximum Gasteiger partial charge on any atom is 0.306 e. The van der Waals surface area contributed by atoms with Crippen molar-refractivity contribution >= 4 is 17.8 Å². The van der Waals surface area contributed by atoms with Crippen molar-refractivity contribution in [2.24, 2.45) is 5.92 Å². The van der Waals surface area contributed by atoms with Gasteiger partial charge in [-0.2, -0.15) is 0 Å². The SMILES string of the molecule is CNC(=O)c1[nH]cnc1C(=O)NC1CCC(C(=O)O)CC1. The van der Waals surface area contributed by atoms with Crippen LogP contribution in [0, 0.1) is 5.92 Å². The van der Waals surface area contributed by atoms with E-state index in [1.54, 1.807) is 0 Å². The van der Waals surface area contributed by atoms with Gasteiger partial charge >= 0.3 is 5.97 Å². The normalized spacial score (nSPS) is 21.6. The van der Waals surface area contributed by atoms with Gasteiger partial charge in [-0.1, -0.05) is 0 Å². The molecular formula is C13H18N4O4. The zero-order valence-corrected chi connectivity index (χ0v) is 11.7. The van der Waals surface area contributed by atoms with Crippen molar-refractivity contribution in [2.75, 3.05) is 7.05 Å². The van der Waals surface area contributed by atoms with Crippen LogP contribution in [0.4, 0.5) is 0 Å². The van der Waals surface area contributed by atoms with Crippen LogP contribution in [0.5, 0.6) is 0 Å². The molecule has 1 aliphatic carbocycles. The first-order valence-corrected chi connectivity index (χ1v) is 6.82. The van der Waals surface area contributed by atoms with Crippen LogP contribution >= 0.6 is 0 Å². The van der Waals surface area contributed by atoms with Gasteiger partial charge in [0.2, 0.25) is 0 Å². The van der Waals surface area contributed by atoms with Crippen molar-refractivity contribution in [3.05, 3.63) is 17.7 Å². The summed E-state index contributed by atoms with van der Waals surface area (Å²) >= 11 is 0. The molecule has 1 heterocycles. The van der Waals surface area contributed by atoms with Crippen LogP contribution in [0.3, 0.4) is 0 Å². The highest BCUT2D eigenvalue weighted by Crippen LogP contribution is 2.24. The third kappa shape index (κ3) is 3.39. The Morgan fingerprint density at radius 1 is 1.24 bits per heavy atom. The van der Waals surface area contributed by atoms with E-state index in [-0.39, 0.29) is 23.3 Å². The Kier molecular flexibility index (Phi) is 4.56. The lowest BCUT2D eigenvalue weighted by molar-refractivity contribution is -0.142. The van der Waals surface area contributed by atoms with Gasteiger partial charge in [0.25, 0.3) is 11.8 Å². The number of carboxylic acids is 1. The lowest BCUT2D eigenvalue weighted by Gasteiger charge is -2.26. The van der Waals surface area contributed by atoms with E-state index in [1.807, 2.05) is 0 Å². The van der Waals surface area contributed by atoms with Crippen LogP contribution in [0.1, 0.15) is 46.7 Å². The number of carbonyl (C=O) groups excluding carboxylic acids is 2. The summed E-state index contributed by atoms with van der Waals surface area (Å²) in [5, 5.41) is 14.2. The quantitative estimate of drug-likeness (QED) is 0.629. The molecule has 0 aliphatic heterocycles. The van der Waals surface area contributed by atoms with Crippen LogP contribution in [-0.4, -0.2) is 45.9 Å². The number of nitrogens with zero attached hydrogens (tertiary/aromatic N) is 1. The number of nitrogens with one attached hydrogen (secondary N) is 3. The van der Waals surface area contributed by atoms with Crippen molar-refractivity contribution in [3.63, 3.8) is 0 Å². The van der Waals surface area contributed by atoms with Crippen LogP contribution in [-0.2, 0) is 4.79 Å². The number of carbonyl (C=O) groups is 3. The molecule has 1 saturated carbocycles. The summed E-state index contributed by atoms with van der Waals surface area (Å²) in [6, 6.07) is -0.0812. The van der Waals surface area contributed by atoms with Gasteiger partial charge in [0.15, 0.2) is 5.69 Å². The molecule has 1 fully saturated rings. The average Bonchev–Trinajstić information content (AvgIpc) is 2.96. The fraction of sp³-hybridized carbons (Fsp3) is 0.538. The number of aromatic amines is 1. The summed E-state index contributed by atoms with van der Waals surface area (Å²) in [7, 11) is 1.47. The minimum Gasteiger partial charge on any atom is -0.481 e. The maximum atomic E-state index is 12.1. The van der Waals surface area contributed by atoms with E-state index in [0.29, 0.717) is 25.7 Å². The van der Waals surface area contributed by atoms with E-state index in [9.17, 15) is 14.4 Å². The van der Waals surface area contributed by atoms with Gasteiger partial charge in [0.05, 0.1) is 12.2 Å². The molecule has 4 N–H and O–H groups in total. The van der Waals surface area contributed by atoms with E-state index in [2.05, 4.69) is 20.6 Å². The Bertz CT molecular complexity index is 546. The minimum atomic E-state index is -0.783. The number of rotatable bonds is 4. The van der Waals surface area contributed by atoms with Crippen molar-refractivity contribution in [2.45, 2.75) is 31.7 Å². The number of H-pyrrole nitrogens is 1. The van der Waals surface area contributed by atoms with Crippen molar-refractivity contribution in [1.82, 2.24) is 20.6 Å². The Morgan fingerprint density at radius 2 is 1.90 bits per heavy atom. The second kappa shape index (κ2) is 6.38. The van der Waals surface area contributed by atoms with E-state index in [1.165, 1.54) is 13.4 Å². The maximum absolute atomic E-state index is 12.1. The van der Waals surface area contributed by atoms with E-state index >= 15 is 0 Å². The van der Waals surface area contributed by atoms with Gasteiger partial charge in [0.1, 0.15) is 5.69 Å². The number of hydrogen-bond donors (Lipinski definition) is 4. The zero-order valence-electron chi connectivity index (χ0n) is 11.7. The summed E-state index contributed by atoms with van der Waals surface area (Å²) in [6.45, 7) is 0. The van der Waals surface area contributed by atoms with Gasteiger partial charge in [0, 0.05) is 13.1 Å². The van der Waals surface area contributed by atoms with E-state index < -0.39 is 17.8 Å². The highest BCUT2D eigenvalue weighted by Gasteiger charge is 2.28. The highest BCUT2D eigenvalue weighted by atomic mass is 16.4. The number of carboxylic acid groups (broad SMARTS) is 1. The number of hydrogen-bond acceptors (Lipinski definition) is 4. The lowest BCUT2D eigenvalue weighted by Crippen LogP contribution is -2.39. The van der Waals surface area contributed by atoms with Crippen LogP contribution < -0.4 is 10.6 Å². The van der Waals surface area contributed by atoms with Gasteiger partial charge in [-0.05, 0) is 25.7 Å². The standard InChI is InChI=1S/C13H18N4O4/c1-14-11(18)9-10(16-6-15-9)12(19)17-8-4-2-7(3-5-8)13(20)21/h6-8H,2-5H2,1H3,(H,14,18)(H,15,16)(H,17,19)(H,20,21). The largest absolute Gasteiger partial charge is 0.481 e. The summed E-state index contributed by atoms with van der Waals surface area (Å²) in [6.07, 6.45) is 3.61.